The Bertz CT molecular complexity index is 1900. The highest BCUT2D eigenvalue weighted by Crippen LogP contribution is 2.38. The van der Waals surface area contributed by atoms with Crippen molar-refractivity contribution in [3.05, 3.63) is 47.6 Å². The second-order valence-corrected chi connectivity index (χ2v) is 20.7. The van der Waals surface area contributed by atoms with E-state index in [0.717, 1.165) is 5.57 Å². The number of methoxy groups -OCH3 is 3. The van der Waals surface area contributed by atoms with Crippen LogP contribution in [-0.2, 0) is 57.2 Å². The number of carbonyl (C=O) groups is 6. The van der Waals surface area contributed by atoms with Gasteiger partial charge in [0.2, 0.25) is 5.79 Å². The summed E-state index contributed by atoms with van der Waals surface area (Å²) in [6.07, 6.45) is 11.0. The van der Waals surface area contributed by atoms with Gasteiger partial charge in [0.25, 0.3) is 11.7 Å². The number of aliphatic hydroxyl groups is 2. The van der Waals surface area contributed by atoms with Crippen LogP contribution >= 0.6 is 15.9 Å². The third-order valence-corrected chi connectivity index (χ3v) is 15.3. The molecule has 0 aromatic heterocycles. The fourth-order valence-electron chi connectivity index (χ4n) is 10.4. The molecule has 15 nitrogen and oxygen atoms in total. The molecule has 2 N–H and O–H groups in total. The Morgan fingerprint density at radius 3 is 2.28 bits per heavy atom. The summed E-state index contributed by atoms with van der Waals surface area (Å²) in [6.45, 7) is 12.7. The SMILES string of the molecule is CO[C@H]1C[C@@H]2CC[C@@H](C)[C@@](O)(O2)C(=O)C(=O)N2CCCCC2C(=O)O[C@H]([C@@H](C)C[C@@H]2CC[C@@H](OC(=O)CBr)[C@H](OC)C2)CC(=O)[C@H](C)/C=C(\C)[C@@H](O)[C@@H](OC)C(=O)[C@H](C)C[C@H](C)/C=C/C=C/C=C/1C. The van der Waals surface area contributed by atoms with Crippen molar-refractivity contribution in [1.29, 1.82) is 0 Å². The zero-order valence-corrected chi connectivity index (χ0v) is 44.2. The number of carbonyl (C=O) groups excluding carboxylic acids is 6. The Kier molecular flexibility index (Phi) is 23.1. The summed E-state index contributed by atoms with van der Waals surface area (Å²) < 4.78 is 35.3. The van der Waals surface area contributed by atoms with Gasteiger partial charge in [-0.2, -0.15) is 0 Å². The largest absolute Gasteiger partial charge is 0.460 e. The summed E-state index contributed by atoms with van der Waals surface area (Å²) in [6, 6.07) is -1.16. The average molecular weight is 1040 g/mol. The number of hydrogen-bond acceptors (Lipinski definition) is 14. The van der Waals surface area contributed by atoms with Crippen LogP contribution in [0.25, 0.3) is 0 Å². The molecule has 16 heteroatoms. The van der Waals surface area contributed by atoms with Gasteiger partial charge in [-0.05, 0) is 107 Å². The number of esters is 2. The minimum atomic E-state index is -2.44. The molecule has 69 heavy (non-hydrogen) atoms. The van der Waals surface area contributed by atoms with Crippen LogP contribution in [0.3, 0.4) is 0 Å². The molecule has 1 unspecified atom stereocenters. The van der Waals surface area contributed by atoms with E-state index in [1.165, 1.54) is 12.0 Å². The normalized spacial score (nSPS) is 38.7. The summed E-state index contributed by atoms with van der Waals surface area (Å²) in [5, 5.41) is 23.5. The highest BCUT2D eigenvalue weighted by Gasteiger charge is 2.53. The van der Waals surface area contributed by atoms with E-state index in [1.807, 2.05) is 58.1 Å². The van der Waals surface area contributed by atoms with E-state index in [2.05, 4.69) is 15.9 Å². The van der Waals surface area contributed by atoms with E-state index in [0.29, 0.717) is 69.8 Å². The van der Waals surface area contributed by atoms with Crippen molar-refractivity contribution in [3.8, 4) is 0 Å². The van der Waals surface area contributed by atoms with Crippen molar-refractivity contribution in [1.82, 2.24) is 4.90 Å². The van der Waals surface area contributed by atoms with Gasteiger partial charge in [0.15, 0.2) is 5.78 Å². The Balaban J connectivity index is 1.70. The first-order valence-electron chi connectivity index (χ1n) is 24.9. The van der Waals surface area contributed by atoms with Crippen LogP contribution in [0.5, 0.6) is 0 Å². The van der Waals surface area contributed by atoms with E-state index in [9.17, 15) is 39.0 Å². The number of halogens is 1. The van der Waals surface area contributed by atoms with Gasteiger partial charge in [-0.3, -0.25) is 24.0 Å². The fraction of sp³-hybridized carbons (Fsp3) is 0.736. The maximum atomic E-state index is 14.5. The van der Waals surface area contributed by atoms with Crippen LogP contribution in [0, 0.1) is 35.5 Å². The third-order valence-electron chi connectivity index (χ3n) is 14.8. The van der Waals surface area contributed by atoms with Crippen LogP contribution < -0.4 is 0 Å². The number of ketones is 3. The highest BCUT2D eigenvalue weighted by molar-refractivity contribution is 9.09. The number of rotatable bonds is 8. The Hall–Kier alpha value is -3.38. The number of ether oxygens (including phenoxy) is 6. The van der Waals surface area contributed by atoms with Crippen LogP contribution in [0.4, 0.5) is 0 Å². The maximum Gasteiger partial charge on any atom is 0.329 e. The van der Waals surface area contributed by atoms with Gasteiger partial charge in [-0.15, -0.1) is 0 Å². The molecule has 4 rings (SSSR count). The topological polar surface area (TPSA) is 201 Å². The number of hydrogen-bond donors (Lipinski definition) is 2. The van der Waals surface area contributed by atoms with Crippen molar-refractivity contribution in [2.24, 2.45) is 35.5 Å². The quantitative estimate of drug-likeness (QED) is 0.108. The van der Waals surface area contributed by atoms with E-state index in [1.54, 1.807) is 41.1 Å². The monoisotopic (exact) mass is 1030 g/mol. The number of fused-ring (bicyclic) bond motifs is 3. The van der Waals surface area contributed by atoms with E-state index < -0.39 is 83.9 Å². The van der Waals surface area contributed by atoms with E-state index in [4.69, 9.17) is 28.4 Å². The number of cyclic esters (lactones) is 1. The summed E-state index contributed by atoms with van der Waals surface area (Å²) in [4.78, 5) is 84.3. The van der Waals surface area contributed by atoms with E-state index >= 15 is 0 Å². The first kappa shape index (κ1) is 58.2. The fourth-order valence-corrected chi connectivity index (χ4v) is 10.6. The smallest absolute Gasteiger partial charge is 0.329 e. The van der Waals surface area contributed by atoms with Gasteiger partial charge in [0, 0.05) is 58.5 Å². The minimum Gasteiger partial charge on any atom is -0.460 e. The molecule has 0 spiro atoms. The van der Waals surface area contributed by atoms with Crippen molar-refractivity contribution in [2.45, 2.75) is 180 Å². The molecule has 388 valence electrons. The van der Waals surface area contributed by atoms with Crippen molar-refractivity contribution < 1.29 is 67.4 Å². The maximum absolute atomic E-state index is 14.5. The lowest BCUT2D eigenvalue weighted by Gasteiger charge is -2.42. The standard InChI is InChI=1S/C53H80BrNO14/c1-31-16-12-11-13-17-32(2)43(64-8)28-39-21-19-37(7)53(63,69-39)50(60)51(61)55-23-15-14-18-40(55)52(62)68-44(34(4)26-38-20-22-42(45(27-38)65-9)67-46(57)30-54)29-41(56)33(3)25-36(6)48(59)49(66-10)47(58)35(5)24-31/h11-13,16-17,25,31,33-35,37-40,42-45,48-49,59,63H,14-15,18-24,26-30H2,1-10H3/b13-11+,16-12+,32-17+,36-25+/t31-,33-,34+,35-,37-,38+,39+,40?,42-,43+,44+,45-,48-,49+,53-/m1/s1. The molecular formula is C53H80BrNO14. The number of nitrogens with zero attached hydrogens (tertiary/aromatic N) is 1. The number of aliphatic hydroxyl groups excluding tert-OH is 1. The van der Waals surface area contributed by atoms with Crippen molar-refractivity contribution >= 4 is 51.1 Å². The van der Waals surface area contributed by atoms with Crippen LogP contribution in [0.1, 0.15) is 126 Å². The van der Waals surface area contributed by atoms with Gasteiger partial charge in [0.05, 0.1) is 18.3 Å². The first-order chi connectivity index (χ1) is 32.7. The van der Waals surface area contributed by atoms with Gasteiger partial charge >= 0.3 is 11.9 Å². The second-order valence-electron chi connectivity index (χ2n) is 20.2. The van der Waals surface area contributed by atoms with Crippen molar-refractivity contribution in [2.75, 3.05) is 33.2 Å². The molecule has 3 fully saturated rings. The van der Waals surface area contributed by atoms with Crippen LogP contribution in [0.15, 0.2) is 47.6 Å². The number of piperidine rings is 1. The lowest BCUT2D eigenvalue weighted by atomic mass is 9.78. The number of amides is 1. The first-order valence-corrected chi connectivity index (χ1v) is 26.1. The molecule has 15 atom stereocenters. The molecule has 0 radical (unpaired) electrons. The van der Waals surface area contributed by atoms with Gasteiger partial charge in [-0.25, -0.2) is 4.79 Å². The van der Waals surface area contributed by atoms with Crippen LogP contribution in [0.2, 0.25) is 0 Å². The number of Topliss-reactive ketones (excluding diaryl/α,β-unsaturated/α-hetero) is 3. The minimum absolute atomic E-state index is 0.00925. The molecule has 2 saturated heterocycles. The second kappa shape index (κ2) is 27.4. The number of allylic oxidation sites excluding steroid dienone is 6. The molecule has 2 bridgehead atoms. The predicted molar refractivity (Wildman–Crippen MR) is 263 cm³/mol. The molecule has 3 heterocycles. The molecule has 0 aromatic rings. The Morgan fingerprint density at radius 2 is 1.61 bits per heavy atom. The highest BCUT2D eigenvalue weighted by atomic mass is 79.9. The van der Waals surface area contributed by atoms with Gasteiger partial charge in [-0.1, -0.05) is 87.0 Å². The van der Waals surface area contributed by atoms with Gasteiger partial charge in [0.1, 0.15) is 41.6 Å². The molecule has 1 aliphatic carbocycles. The molecule has 0 aromatic carbocycles. The van der Waals surface area contributed by atoms with Gasteiger partial charge < -0.3 is 43.5 Å². The summed E-state index contributed by atoms with van der Waals surface area (Å²) in [5.41, 5.74) is 1.25. The summed E-state index contributed by atoms with van der Waals surface area (Å²) in [5.74, 6) is -8.58. The zero-order valence-electron chi connectivity index (χ0n) is 42.6. The molecular weight excluding hydrogens is 954 g/mol. The summed E-state index contributed by atoms with van der Waals surface area (Å²) >= 11 is 3.15. The lowest BCUT2D eigenvalue weighted by Crippen LogP contribution is -2.61. The molecule has 4 aliphatic rings. The third kappa shape index (κ3) is 15.8. The van der Waals surface area contributed by atoms with Crippen molar-refractivity contribution in [3.63, 3.8) is 0 Å². The molecule has 1 amide bonds. The van der Waals surface area contributed by atoms with Crippen LogP contribution in [-0.4, -0.2) is 138 Å². The molecule has 1 saturated carbocycles. The Morgan fingerprint density at radius 1 is 0.884 bits per heavy atom. The average Bonchev–Trinajstić information content (AvgIpc) is 3.33. The summed E-state index contributed by atoms with van der Waals surface area (Å²) in [7, 11) is 4.52. The zero-order chi connectivity index (χ0) is 51.2. The molecule has 3 aliphatic heterocycles. The number of alkyl halides is 1. The predicted octanol–water partition coefficient (Wildman–Crippen LogP) is 7.13. The Labute approximate surface area is 418 Å². The van der Waals surface area contributed by atoms with E-state index in [-0.39, 0.29) is 66.1 Å². The lowest BCUT2D eigenvalue weighted by molar-refractivity contribution is -0.265.